The third kappa shape index (κ3) is 4.17. The second kappa shape index (κ2) is 8.15. The fraction of sp³-hybridized carbons (Fsp3) is 0.476. The van der Waals surface area contributed by atoms with Crippen LogP contribution in [0.2, 0.25) is 0 Å². The van der Waals surface area contributed by atoms with E-state index in [-0.39, 0.29) is 5.91 Å². The predicted octanol–water partition coefficient (Wildman–Crippen LogP) is 1.22. The van der Waals surface area contributed by atoms with Gasteiger partial charge in [0.2, 0.25) is 0 Å². The van der Waals surface area contributed by atoms with Crippen molar-refractivity contribution in [2.24, 2.45) is 7.05 Å². The number of hydrogen-bond donors (Lipinski definition) is 2. The molecule has 0 radical (unpaired) electrons. The number of carbonyl (C=O) groups excluding carboxylic acids is 1. The van der Waals surface area contributed by atoms with Crippen LogP contribution in [0.1, 0.15) is 24.6 Å². The second-order valence-corrected chi connectivity index (χ2v) is 7.52. The largest absolute Gasteiger partial charge is 0.378 e. The molecule has 144 valence electrons. The van der Waals surface area contributed by atoms with Gasteiger partial charge in [-0.15, -0.1) is 0 Å². The number of quaternary nitrogens is 1. The van der Waals surface area contributed by atoms with E-state index in [1.165, 1.54) is 22.7 Å². The smallest absolute Gasteiger partial charge is 0.279 e. The highest BCUT2D eigenvalue weighted by molar-refractivity contribution is 5.91. The molecule has 3 heterocycles. The van der Waals surface area contributed by atoms with Gasteiger partial charge in [-0.1, -0.05) is 0 Å². The third-order valence-electron chi connectivity index (χ3n) is 5.74. The molecule has 1 unspecified atom stereocenters. The molecule has 1 aromatic carbocycles. The van der Waals surface area contributed by atoms with Gasteiger partial charge in [0, 0.05) is 50.6 Å². The SMILES string of the molecule is Cn1cccc1[C@H]1CCC[NH+]1CC(=O)Nc1ccc(N2CCOCC2)cc1. The van der Waals surface area contributed by atoms with E-state index in [1.807, 2.05) is 12.1 Å². The lowest BCUT2D eigenvalue weighted by Gasteiger charge is -2.29. The number of nitrogens with zero attached hydrogens (tertiary/aromatic N) is 2. The van der Waals surface area contributed by atoms with Crippen molar-refractivity contribution in [1.82, 2.24) is 4.57 Å². The number of benzene rings is 1. The summed E-state index contributed by atoms with van der Waals surface area (Å²) in [6, 6.07) is 12.8. The zero-order chi connectivity index (χ0) is 18.6. The van der Waals surface area contributed by atoms with Crippen LogP contribution < -0.4 is 15.1 Å². The van der Waals surface area contributed by atoms with Crippen LogP contribution in [0, 0.1) is 0 Å². The monoisotopic (exact) mass is 369 g/mol. The highest BCUT2D eigenvalue weighted by atomic mass is 16.5. The number of anilines is 2. The molecule has 27 heavy (non-hydrogen) atoms. The minimum absolute atomic E-state index is 0.0882. The first-order valence-electron chi connectivity index (χ1n) is 9.89. The summed E-state index contributed by atoms with van der Waals surface area (Å²) in [6.07, 6.45) is 4.41. The number of aromatic nitrogens is 1. The number of aryl methyl sites for hydroxylation is 1. The summed E-state index contributed by atoms with van der Waals surface area (Å²) in [7, 11) is 2.08. The number of morpholine rings is 1. The van der Waals surface area contributed by atoms with Crippen molar-refractivity contribution in [3.63, 3.8) is 0 Å². The van der Waals surface area contributed by atoms with Crippen molar-refractivity contribution in [3.05, 3.63) is 48.3 Å². The molecule has 2 fully saturated rings. The van der Waals surface area contributed by atoms with Crippen LogP contribution in [0.4, 0.5) is 11.4 Å². The van der Waals surface area contributed by atoms with Crippen LogP contribution in [0.5, 0.6) is 0 Å². The summed E-state index contributed by atoms with van der Waals surface area (Å²) in [5.41, 5.74) is 3.38. The van der Waals surface area contributed by atoms with Gasteiger partial charge in [0.15, 0.2) is 6.54 Å². The van der Waals surface area contributed by atoms with E-state index >= 15 is 0 Å². The number of carbonyl (C=O) groups is 1. The Morgan fingerprint density at radius 2 is 2.00 bits per heavy atom. The van der Waals surface area contributed by atoms with Crippen molar-refractivity contribution < 1.29 is 14.4 Å². The van der Waals surface area contributed by atoms with Crippen LogP contribution in [0.3, 0.4) is 0 Å². The number of nitrogens with one attached hydrogen (secondary N) is 2. The Kier molecular flexibility index (Phi) is 5.45. The van der Waals surface area contributed by atoms with Crippen LogP contribution >= 0.6 is 0 Å². The maximum Gasteiger partial charge on any atom is 0.279 e. The van der Waals surface area contributed by atoms with Crippen molar-refractivity contribution in [3.8, 4) is 0 Å². The Morgan fingerprint density at radius 1 is 1.22 bits per heavy atom. The molecule has 0 bridgehead atoms. The molecular weight excluding hydrogens is 340 g/mol. The lowest BCUT2D eigenvalue weighted by Crippen LogP contribution is -3.11. The van der Waals surface area contributed by atoms with E-state index in [4.69, 9.17) is 4.74 Å². The Labute approximate surface area is 160 Å². The molecule has 2 atom stereocenters. The molecule has 0 aliphatic carbocycles. The summed E-state index contributed by atoms with van der Waals surface area (Å²) in [4.78, 5) is 16.3. The van der Waals surface area contributed by atoms with Gasteiger partial charge in [0.25, 0.3) is 5.91 Å². The number of hydrogen-bond acceptors (Lipinski definition) is 3. The average molecular weight is 369 g/mol. The van der Waals surface area contributed by atoms with Gasteiger partial charge < -0.3 is 24.4 Å². The van der Waals surface area contributed by atoms with Gasteiger partial charge in [-0.2, -0.15) is 0 Å². The van der Waals surface area contributed by atoms with E-state index in [0.717, 1.165) is 45.0 Å². The predicted molar refractivity (Wildman–Crippen MR) is 106 cm³/mol. The number of likely N-dealkylation sites (tertiary alicyclic amines) is 1. The topological polar surface area (TPSA) is 50.9 Å². The molecule has 2 aliphatic heterocycles. The van der Waals surface area contributed by atoms with Gasteiger partial charge >= 0.3 is 0 Å². The second-order valence-electron chi connectivity index (χ2n) is 7.52. The lowest BCUT2D eigenvalue weighted by molar-refractivity contribution is -0.910. The fourth-order valence-electron chi connectivity index (χ4n) is 4.31. The maximum absolute atomic E-state index is 12.6. The van der Waals surface area contributed by atoms with Gasteiger partial charge in [-0.05, 0) is 36.4 Å². The van der Waals surface area contributed by atoms with Crippen molar-refractivity contribution >= 4 is 17.3 Å². The highest BCUT2D eigenvalue weighted by Gasteiger charge is 2.32. The summed E-state index contributed by atoms with van der Waals surface area (Å²) in [5.74, 6) is 0.0882. The minimum Gasteiger partial charge on any atom is -0.378 e. The molecular formula is C21H29N4O2+. The molecule has 1 aromatic heterocycles. The molecule has 2 N–H and O–H groups in total. The molecule has 0 spiro atoms. The van der Waals surface area contributed by atoms with Crippen LogP contribution in [-0.2, 0) is 16.6 Å². The van der Waals surface area contributed by atoms with Crippen molar-refractivity contribution in [2.75, 3.05) is 49.6 Å². The van der Waals surface area contributed by atoms with Gasteiger partial charge in [0.1, 0.15) is 6.04 Å². The number of amides is 1. The summed E-state index contributed by atoms with van der Waals surface area (Å²) in [5, 5.41) is 3.07. The van der Waals surface area contributed by atoms with Crippen LogP contribution in [-0.4, -0.2) is 49.9 Å². The highest BCUT2D eigenvalue weighted by Crippen LogP contribution is 2.20. The first kappa shape index (κ1) is 18.1. The Balaban J connectivity index is 1.34. The lowest BCUT2D eigenvalue weighted by atomic mass is 10.1. The van der Waals surface area contributed by atoms with Gasteiger partial charge in [-0.25, -0.2) is 0 Å². The third-order valence-corrected chi connectivity index (χ3v) is 5.74. The van der Waals surface area contributed by atoms with E-state index < -0.39 is 0 Å². The van der Waals surface area contributed by atoms with Gasteiger partial charge in [0.05, 0.1) is 25.5 Å². The zero-order valence-corrected chi connectivity index (χ0v) is 16.0. The summed E-state index contributed by atoms with van der Waals surface area (Å²) < 4.78 is 7.58. The van der Waals surface area contributed by atoms with Gasteiger partial charge in [-0.3, -0.25) is 4.79 Å². The zero-order valence-electron chi connectivity index (χ0n) is 16.0. The Morgan fingerprint density at radius 3 is 2.70 bits per heavy atom. The normalized spacial score (nSPS) is 22.8. The van der Waals surface area contributed by atoms with Crippen LogP contribution in [0.25, 0.3) is 0 Å². The molecule has 6 heteroatoms. The maximum atomic E-state index is 12.6. The molecule has 4 rings (SSSR count). The first-order chi connectivity index (χ1) is 13.2. The van der Waals surface area contributed by atoms with E-state index in [1.54, 1.807) is 0 Å². The quantitative estimate of drug-likeness (QED) is 0.833. The molecule has 0 saturated carbocycles. The molecule has 1 amide bonds. The molecule has 2 saturated heterocycles. The van der Waals surface area contributed by atoms with Crippen LogP contribution in [0.15, 0.2) is 42.6 Å². The average Bonchev–Trinajstić information content (AvgIpc) is 3.31. The molecule has 2 aromatic rings. The van der Waals surface area contributed by atoms with Crippen molar-refractivity contribution in [2.45, 2.75) is 18.9 Å². The summed E-state index contributed by atoms with van der Waals surface area (Å²) >= 11 is 0. The van der Waals surface area contributed by atoms with E-state index in [2.05, 4.69) is 52.3 Å². The molecule has 2 aliphatic rings. The number of rotatable bonds is 5. The van der Waals surface area contributed by atoms with E-state index in [0.29, 0.717) is 12.6 Å². The summed E-state index contributed by atoms with van der Waals surface area (Å²) in [6.45, 7) is 4.97. The first-order valence-corrected chi connectivity index (χ1v) is 9.89. The fourth-order valence-corrected chi connectivity index (χ4v) is 4.31. The Bertz CT molecular complexity index is 765. The molecule has 6 nitrogen and oxygen atoms in total. The van der Waals surface area contributed by atoms with Crippen molar-refractivity contribution in [1.29, 1.82) is 0 Å². The van der Waals surface area contributed by atoms with E-state index in [9.17, 15) is 4.79 Å². The Hall–Kier alpha value is -2.31. The minimum atomic E-state index is 0.0882. The number of ether oxygens (including phenoxy) is 1. The standard InChI is InChI=1S/C21H28N4O2/c1-23-10-2-4-19(23)20-5-3-11-25(20)16-21(26)22-17-6-8-18(9-7-17)24-12-14-27-15-13-24/h2,4,6-10,20H,3,5,11-16H2,1H3,(H,22,26)/p+1/t20-/m1/s1.